The number of carboxylic acid groups (broad SMARTS) is 1. The van der Waals surface area contributed by atoms with E-state index in [-0.39, 0.29) is 36.2 Å². The first-order valence-corrected chi connectivity index (χ1v) is 24.7. The lowest BCUT2D eigenvalue weighted by atomic mass is 10.0. The molecule has 0 rings (SSSR count). The predicted octanol–water partition coefficient (Wildman–Crippen LogP) is 13.9. The fraction of sp³-hybridized carbons (Fsp3) is 0.900. The van der Waals surface area contributed by atoms with Crippen molar-refractivity contribution in [1.82, 2.24) is 0 Å². The Hall–Kier alpha value is -1.93. The van der Waals surface area contributed by atoms with Gasteiger partial charge in [0.2, 0.25) is 0 Å². The van der Waals surface area contributed by atoms with Crippen LogP contribution in [0.4, 0.5) is 0 Å². The number of carbonyl (C=O) groups is 3. The van der Waals surface area contributed by atoms with E-state index < -0.39 is 18.1 Å². The predicted molar refractivity (Wildman–Crippen MR) is 243 cm³/mol. The molecule has 0 radical (unpaired) electrons. The number of ether oxygens (including phenoxy) is 3. The van der Waals surface area contributed by atoms with Gasteiger partial charge in [-0.15, -0.1) is 0 Å². The maximum Gasteiger partial charge on any atom is 0.362 e. The summed E-state index contributed by atoms with van der Waals surface area (Å²) in [4.78, 5) is 37.0. The van der Waals surface area contributed by atoms with Crippen LogP contribution in [-0.4, -0.2) is 80.6 Å². The molecular formula is C50H96NO7+. The zero-order valence-electron chi connectivity index (χ0n) is 39.0. The molecule has 0 aromatic carbocycles. The lowest BCUT2D eigenvalue weighted by molar-refractivity contribution is -0.887. The van der Waals surface area contributed by atoms with Crippen molar-refractivity contribution in [3.8, 4) is 0 Å². The summed E-state index contributed by atoms with van der Waals surface area (Å²) < 4.78 is 17.3. The molecule has 0 spiro atoms. The highest BCUT2D eigenvalue weighted by Gasteiger charge is 2.31. The van der Waals surface area contributed by atoms with E-state index in [1.165, 1.54) is 167 Å². The average Bonchev–Trinajstić information content (AvgIpc) is 3.18. The Kier molecular flexibility index (Phi) is 40.4. The number of allylic oxidation sites excluding steroid dienone is 2. The van der Waals surface area contributed by atoms with E-state index in [1.54, 1.807) is 0 Å². The van der Waals surface area contributed by atoms with Gasteiger partial charge in [-0.05, 0) is 38.5 Å². The van der Waals surface area contributed by atoms with Gasteiger partial charge in [-0.3, -0.25) is 9.59 Å². The average molecular weight is 823 g/mol. The summed E-state index contributed by atoms with van der Waals surface area (Å²) in [5.41, 5.74) is 0. The van der Waals surface area contributed by atoms with Crippen molar-refractivity contribution in [2.24, 2.45) is 0 Å². The molecule has 0 aliphatic rings. The van der Waals surface area contributed by atoms with Crippen LogP contribution < -0.4 is 0 Å². The van der Waals surface area contributed by atoms with Crippen molar-refractivity contribution >= 4 is 17.9 Å². The standard InChI is InChI=1S/C50H95NO7/c1-6-8-10-12-14-16-18-19-20-21-22-23-24-25-26-27-28-29-31-33-35-37-39-41-49(53)58-46(44-56-43-42-47(50(54)55)51(3,4)5)45-57-48(52)40-38-36-34-32-30-17-15-13-11-9-7-2/h21-22,46-47H,6-20,23-45H2,1-5H3/p+1/b22-21-. The molecule has 0 saturated heterocycles. The van der Waals surface area contributed by atoms with Gasteiger partial charge < -0.3 is 23.8 Å². The second-order valence-electron chi connectivity index (χ2n) is 18.1. The number of hydrogen-bond donors (Lipinski definition) is 1. The van der Waals surface area contributed by atoms with Gasteiger partial charge in [-0.25, -0.2) is 4.79 Å². The van der Waals surface area contributed by atoms with E-state index in [0.29, 0.717) is 19.3 Å². The summed E-state index contributed by atoms with van der Waals surface area (Å²) in [6.07, 6.45) is 45.5. The van der Waals surface area contributed by atoms with Crippen molar-refractivity contribution in [2.75, 3.05) is 41.0 Å². The largest absolute Gasteiger partial charge is 0.477 e. The highest BCUT2D eigenvalue weighted by atomic mass is 16.6. The zero-order valence-corrected chi connectivity index (χ0v) is 39.0. The summed E-state index contributed by atoms with van der Waals surface area (Å²) in [6, 6.07) is -0.610. The molecule has 0 aliphatic heterocycles. The molecule has 2 atom stereocenters. The zero-order chi connectivity index (χ0) is 42.8. The first-order chi connectivity index (χ1) is 28.1. The van der Waals surface area contributed by atoms with Gasteiger partial charge in [0.1, 0.15) is 6.61 Å². The topological polar surface area (TPSA) is 99.1 Å². The van der Waals surface area contributed by atoms with Gasteiger partial charge in [-0.2, -0.15) is 0 Å². The number of likely N-dealkylation sites (N-methyl/N-ethyl adjacent to an activating group) is 1. The normalized spacial score (nSPS) is 12.9. The molecule has 1 N–H and O–H groups in total. The number of carbonyl (C=O) groups excluding carboxylic acids is 2. The Balaban J connectivity index is 4.16. The third-order valence-corrected chi connectivity index (χ3v) is 11.4. The lowest BCUT2D eigenvalue weighted by Gasteiger charge is -2.31. The fourth-order valence-electron chi connectivity index (χ4n) is 7.56. The molecule has 58 heavy (non-hydrogen) atoms. The summed E-state index contributed by atoms with van der Waals surface area (Å²) in [5.74, 6) is -1.45. The number of carboxylic acids is 1. The van der Waals surface area contributed by atoms with Crippen LogP contribution in [-0.2, 0) is 28.6 Å². The van der Waals surface area contributed by atoms with E-state index in [2.05, 4.69) is 26.0 Å². The van der Waals surface area contributed by atoms with Gasteiger partial charge in [0.15, 0.2) is 12.1 Å². The third kappa shape index (κ3) is 39.5. The molecule has 2 unspecified atom stereocenters. The minimum Gasteiger partial charge on any atom is -0.477 e. The molecule has 0 heterocycles. The number of quaternary nitrogens is 1. The van der Waals surface area contributed by atoms with Crippen LogP contribution >= 0.6 is 0 Å². The molecule has 0 fully saturated rings. The van der Waals surface area contributed by atoms with Crippen LogP contribution in [0.1, 0.15) is 239 Å². The van der Waals surface area contributed by atoms with E-state index in [0.717, 1.165) is 38.5 Å². The SMILES string of the molecule is CCCCCCCCCC/C=C\CCCCCCCCCCCCCC(=O)OC(COCCC(C(=O)O)[N+](C)(C)C)COC(=O)CCCCCCCCCCCCC. The molecule has 0 bridgehead atoms. The van der Waals surface area contributed by atoms with Crippen molar-refractivity contribution in [3.63, 3.8) is 0 Å². The lowest BCUT2D eigenvalue weighted by Crippen LogP contribution is -2.50. The number of rotatable bonds is 45. The van der Waals surface area contributed by atoms with E-state index in [1.807, 2.05) is 21.1 Å². The van der Waals surface area contributed by atoms with E-state index in [4.69, 9.17) is 14.2 Å². The van der Waals surface area contributed by atoms with Crippen LogP contribution in [0.15, 0.2) is 12.2 Å². The van der Waals surface area contributed by atoms with Crippen LogP contribution in [0.25, 0.3) is 0 Å². The minimum absolute atomic E-state index is 0.0449. The molecule has 0 amide bonds. The first-order valence-electron chi connectivity index (χ1n) is 24.7. The maximum absolute atomic E-state index is 12.8. The van der Waals surface area contributed by atoms with Crippen LogP contribution in [0, 0.1) is 0 Å². The number of aliphatic carboxylic acids is 1. The molecule has 0 aromatic heterocycles. The smallest absolute Gasteiger partial charge is 0.362 e. The number of nitrogens with zero attached hydrogens (tertiary/aromatic N) is 1. The minimum atomic E-state index is -0.871. The summed E-state index contributed by atoms with van der Waals surface area (Å²) >= 11 is 0. The molecule has 0 saturated carbocycles. The molecule has 342 valence electrons. The highest BCUT2D eigenvalue weighted by Crippen LogP contribution is 2.16. The third-order valence-electron chi connectivity index (χ3n) is 11.4. The Morgan fingerprint density at radius 3 is 1.24 bits per heavy atom. The summed E-state index contributed by atoms with van der Waals surface area (Å²) in [7, 11) is 5.54. The number of unbranched alkanes of at least 4 members (excludes halogenated alkanes) is 29. The highest BCUT2D eigenvalue weighted by molar-refractivity contribution is 5.72. The summed E-state index contributed by atoms with van der Waals surface area (Å²) in [5, 5.41) is 9.63. The second-order valence-corrected chi connectivity index (χ2v) is 18.1. The molecule has 8 nitrogen and oxygen atoms in total. The second kappa shape index (κ2) is 41.8. The quantitative estimate of drug-likeness (QED) is 0.0283. The first kappa shape index (κ1) is 56.1. The van der Waals surface area contributed by atoms with Crippen molar-refractivity contribution in [3.05, 3.63) is 12.2 Å². The molecule has 0 aromatic rings. The van der Waals surface area contributed by atoms with Crippen LogP contribution in [0.2, 0.25) is 0 Å². The van der Waals surface area contributed by atoms with Gasteiger partial charge in [-0.1, -0.05) is 193 Å². The molecule has 0 aliphatic carbocycles. The Labute approximate surface area is 359 Å². The van der Waals surface area contributed by atoms with Crippen LogP contribution in [0.3, 0.4) is 0 Å². The molecular weight excluding hydrogens is 727 g/mol. The summed E-state index contributed by atoms with van der Waals surface area (Å²) in [6.45, 7) is 4.76. The number of hydrogen-bond acceptors (Lipinski definition) is 6. The van der Waals surface area contributed by atoms with Gasteiger partial charge >= 0.3 is 17.9 Å². The van der Waals surface area contributed by atoms with E-state index in [9.17, 15) is 19.5 Å². The number of esters is 2. The Bertz CT molecular complexity index is 962. The van der Waals surface area contributed by atoms with Crippen molar-refractivity contribution < 1.29 is 38.2 Å². The van der Waals surface area contributed by atoms with Gasteiger partial charge in [0.25, 0.3) is 0 Å². The maximum atomic E-state index is 12.8. The van der Waals surface area contributed by atoms with Crippen LogP contribution in [0.5, 0.6) is 0 Å². The Morgan fingerprint density at radius 1 is 0.500 bits per heavy atom. The van der Waals surface area contributed by atoms with Gasteiger partial charge in [0.05, 0.1) is 34.4 Å². The molecule has 8 heteroatoms. The van der Waals surface area contributed by atoms with Gasteiger partial charge in [0, 0.05) is 19.3 Å². The fourth-order valence-corrected chi connectivity index (χ4v) is 7.56. The van der Waals surface area contributed by atoms with E-state index >= 15 is 0 Å². The van der Waals surface area contributed by atoms with Crippen molar-refractivity contribution in [1.29, 1.82) is 0 Å². The Morgan fingerprint density at radius 2 is 0.862 bits per heavy atom. The van der Waals surface area contributed by atoms with Crippen molar-refractivity contribution in [2.45, 2.75) is 251 Å². The monoisotopic (exact) mass is 823 g/mol.